The van der Waals surface area contributed by atoms with Crippen LogP contribution in [0.15, 0.2) is 71.3 Å². The van der Waals surface area contributed by atoms with Gasteiger partial charge in [0.25, 0.3) is 5.91 Å². The molecule has 2 aromatic carbocycles. The van der Waals surface area contributed by atoms with Crippen molar-refractivity contribution in [2.45, 2.75) is 51.6 Å². The Labute approximate surface area is 199 Å². The normalized spacial score (nSPS) is 14.4. The molecule has 0 spiro atoms. The van der Waals surface area contributed by atoms with Crippen LogP contribution in [0.25, 0.3) is 0 Å². The summed E-state index contributed by atoms with van der Waals surface area (Å²) in [7, 11) is 0. The SMILES string of the molecule is CC(=O)Nc1ccc(N(C(=O)c2ccco2)[C@H](C(=O)NC2CCCC2)c2ccc(C)cc2)cc1. The Hall–Kier alpha value is -3.87. The average Bonchev–Trinajstić information content (AvgIpc) is 3.53. The highest BCUT2D eigenvalue weighted by Crippen LogP contribution is 2.32. The largest absolute Gasteiger partial charge is 0.459 e. The summed E-state index contributed by atoms with van der Waals surface area (Å²) in [5.74, 6) is -0.715. The molecule has 1 atom stereocenters. The van der Waals surface area contributed by atoms with Crippen molar-refractivity contribution in [3.63, 3.8) is 0 Å². The predicted molar refractivity (Wildman–Crippen MR) is 131 cm³/mol. The van der Waals surface area contributed by atoms with Crippen molar-refractivity contribution >= 4 is 29.1 Å². The maximum Gasteiger partial charge on any atom is 0.294 e. The van der Waals surface area contributed by atoms with E-state index in [4.69, 9.17) is 4.42 Å². The molecule has 2 N–H and O–H groups in total. The Morgan fingerprint density at radius 1 is 0.971 bits per heavy atom. The quantitative estimate of drug-likeness (QED) is 0.521. The molecule has 1 heterocycles. The predicted octanol–water partition coefficient (Wildman–Crippen LogP) is 4.99. The molecule has 1 aromatic heterocycles. The van der Waals surface area contributed by atoms with Crippen LogP contribution in [-0.2, 0) is 9.59 Å². The van der Waals surface area contributed by atoms with Crippen LogP contribution in [0, 0.1) is 6.92 Å². The van der Waals surface area contributed by atoms with Gasteiger partial charge in [-0.15, -0.1) is 0 Å². The van der Waals surface area contributed by atoms with E-state index in [1.54, 1.807) is 36.4 Å². The molecule has 1 aliphatic carbocycles. The minimum atomic E-state index is -0.898. The first-order valence-corrected chi connectivity index (χ1v) is 11.5. The molecular formula is C27H29N3O4. The zero-order valence-electron chi connectivity index (χ0n) is 19.4. The molecule has 0 aliphatic heterocycles. The minimum absolute atomic E-state index is 0.100. The molecular weight excluding hydrogens is 430 g/mol. The van der Waals surface area contributed by atoms with Crippen LogP contribution in [0.4, 0.5) is 11.4 Å². The number of carbonyl (C=O) groups is 3. The van der Waals surface area contributed by atoms with Gasteiger partial charge in [-0.25, -0.2) is 0 Å². The van der Waals surface area contributed by atoms with Crippen molar-refractivity contribution in [3.8, 4) is 0 Å². The van der Waals surface area contributed by atoms with E-state index in [1.165, 1.54) is 18.1 Å². The zero-order chi connectivity index (χ0) is 24.1. The Bertz CT molecular complexity index is 1130. The summed E-state index contributed by atoms with van der Waals surface area (Å²) in [5.41, 5.74) is 2.88. The van der Waals surface area contributed by atoms with Crippen molar-refractivity contribution in [2.24, 2.45) is 0 Å². The topological polar surface area (TPSA) is 91.7 Å². The highest BCUT2D eigenvalue weighted by atomic mass is 16.3. The van der Waals surface area contributed by atoms with Crippen molar-refractivity contribution in [3.05, 3.63) is 83.8 Å². The molecule has 176 valence electrons. The molecule has 7 heteroatoms. The molecule has 0 bridgehead atoms. The lowest BCUT2D eigenvalue weighted by Crippen LogP contribution is -2.46. The number of rotatable bonds is 7. The van der Waals surface area contributed by atoms with E-state index in [-0.39, 0.29) is 23.6 Å². The molecule has 3 amide bonds. The molecule has 7 nitrogen and oxygen atoms in total. The van der Waals surface area contributed by atoms with E-state index >= 15 is 0 Å². The van der Waals surface area contributed by atoms with Crippen LogP contribution in [0.3, 0.4) is 0 Å². The Morgan fingerprint density at radius 2 is 1.65 bits per heavy atom. The van der Waals surface area contributed by atoms with E-state index in [9.17, 15) is 14.4 Å². The summed E-state index contributed by atoms with van der Waals surface area (Å²) in [6.45, 7) is 3.41. The molecule has 1 aliphatic rings. The van der Waals surface area contributed by atoms with E-state index in [0.717, 1.165) is 31.2 Å². The number of hydrogen-bond donors (Lipinski definition) is 2. The Balaban J connectivity index is 1.77. The average molecular weight is 460 g/mol. The van der Waals surface area contributed by atoms with E-state index in [2.05, 4.69) is 10.6 Å². The molecule has 3 aromatic rings. The second-order valence-electron chi connectivity index (χ2n) is 8.68. The highest BCUT2D eigenvalue weighted by molar-refractivity contribution is 6.08. The van der Waals surface area contributed by atoms with Crippen molar-refractivity contribution in [2.75, 3.05) is 10.2 Å². The zero-order valence-corrected chi connectivity index (χ0v) is 19.4. The highest BCUT2D eigenvalue weighted by Gasteiger charge is 2.35. The van der Waals surface area contributed by atoms with Gasteiger partial charge in [0.1, 0.15) is 6.04 Å². The van der Waals surface area contributed by atoms with Gasteiger partial charge < -0.3 is 15.1 Å². The van der Waals surface area contributed by atoms with E-state index in [1.807, 2.05) is 31.2 Å². The van der Waals surface area contributed by atoms with Gasteiger partial charge in [0.2, 0.25) is 11.8 Å². The first-order chi connectivity index (χ1) is 16.4. The molecule has 34 heavy (non-hydrogen) atoms. The van der Waals surface area contributed by atoms with Gasteiger partial charge in [-0.3, -0.25) is 19.3 Å². The number of anilines is 2. The fraction of sp³-hybridized carbons (Fsp3) is 0.296. The lowest BCUT2D eigenvalue weighted by atomic mass is 10.0. The third kappa shape index (κ3) is 5.36. The minimum Gasteiger partial charge on any atom is -0.459 e. The maximum absolute atomic E-state index is 13.7. The molecule has 1 saturated carbocycles. The molecule has 4 rings (SSSR count). The van der Waals surface area contributed by atoms with Crippen molar-refractivity contribution in [1.29, 1.82) is 0 Å². The van der Waals surface area contributed by atoms with E-state index in [0.29, 0.717) is 16.9 Å². The Kier molecular flexibility index (Phi) is 7.11. The fourth-order valence-corrected chi connectivity index (χ4v) is 4.33. The number of carbonyl (C=O) groups excluding carboxylic acids is 3. The van der Waals surface area contributed by atoms with Crippen LogP contribution in [-0.4, -0.2) is 23.8 Å². The van der Waals surface area contributed by atoms with Crippen LogP contribution in [0.2, 0.25) is 0 Å². The van der Waals surface area contributed by atoms with Crippen LogP contribution in [0.5, 0.6) is 0 Å². The smallest absolute Gasteiger partial charge is 0.294 e. The number of nitrogens with zero attached hydrogens (tertiary/aromatic N) is 1. The summed E-state index contributed by atoms with van der Waals surface area (Å²) in [6, 6.07) is 16.9. The third-order valence-electron chi connectivity index (χ3n) is 6.02. The molecule has 0 unspecified atom stereocenters. The van der Waals surface area contributed by atoms with Gasteiger partial charge in [-0.1, -0.05) is 42.7 Å². The fourth-order valence-electron chi connectivity index (χ4n) is 4.33. The van der Waals surface area contributed by atoms with Gasteiger partial charge in [-0.05, 0) is 61.7 Å². The number of nitrogens with one attached hydrogen (secondary N) is 2. The maximum atomic E-state index is 13.7. The van der Waals surface area contributed by atoms with Gasteiger partial charge in [-0.2, -0.15) is 0 Å². The monoisotopic (exact) mass is 459 g/mol. The first kappa shape index (κ1) is 23.3. The van der Waals surface area contributed by atoms with Gasteiger partial charge in [0, 0.05) is 24.3 Å². The van der Waals surface area contributed by atoms with Crippen LogP contribution < -0.4 is 15.5 Å². The second kappa shape index (κ2) is 10.4. The third-order valence-corrected chi connectivity index (χ3v) is 6.02. The summed E-state index contributed by atoms with van der Waals surface area (Å²) in [6.07, 6.45) is 5.47. The Morgan fingerprint density at radius 3 is 2.24 bits per heavy atom. The van der Waals surface area contributed by atoms with Crippen molar-refractivity contribution < 1.29 is 18.8 Å². The van der Waals surface area contributed by atoms with E-state index < -0.39 is 11.9 Å². The van der Waals surface area contributed by atoms with Gasteiger partial charge >= 0.3 is 0 Å². The number of amides is 3. The van der Waals surface area contributed by atoms with Crippen LogP contribution >= 0.6 is 0 Å². The van der Waals surface area contributed by atoms with Gasteiger partial charge in [0.15, 0.2) is 5.76 Å². The summed E-state index contributed by atoms with van der Waals surface area (Å²) in [5, 5.41) is 5.89. The summed E-state index contributed by atoms with van der Waals surface area (Å²) in [4.78, 5) is 40.3. The lowest BCUT2D eigenvalue weighted by Gasteiger charge is -2.32. The number of benzene rings is 2. The van der Waals surface area contributed by atoms with Crippen molar-refractivity contribution in [1.82, 2.24) is 5.32 Å². The standard InChI is InChI=1S/C27H29N3O4/c1-18-9-11-20(12-10-18)25(26(32)29-21-6-3-4-7-21)30(27(33)24-8-5-17-34-24)23-15-13-22(14-16-23)28-19(2)31/h5,8-17,21,25H,3-4,6-7H2,1-2H3,(H,28,31)(H,29,32)/t25-/m0/s1. The summed E-state index contributed by atoms with van der Waals surface area (Å²) >= 11 is 0. The van der Waals surface area contributed by atoms with Crippen LogP contribution in [0.1, 0.15) is 60.3 Å². The molecule has 1 fully saturated rings. The first-order valence-electron chi connectivity index (χ1n) is 11.5. The lowest BCUT2D eigenvalue weighted by molar-refractivity contribution is -0.123. The number of hydrogen-bond acceptors (Lipinski definition) is 4. The number of aryl methyl sites for hydroxylation is 1. The second-order valence-corrected chi connectivity index (χ2v) is 8.68. The number of furan rings is 1. The summed E-state index contributed by atoms with van der Waals surface area (Å²) < 4.78 is 5.41. The molecule has 0 saturated heterocycles. The molecule has 0 radical (unpaired) electrons. The van der Waals surface area contributed by atoms with Gasteiger partial charge in [0.05, 0.1) is 6.26 Å².